The Labute approximate surface area is 222 Å². The minimum atomic E-state index is -0.536. The summed E-state index contributed by atoms with van der Waals surface area (Å²) in [7, 11) is 0. The minimum absolute atomic E-state index is 0.0419. The number of nitrogens with zero attached hydrogens (tertiary/aromatic N) is 3. The first-order chi connectivity index (χ1) is 17.9. The molecule has 1 aromatic rings. The molecule has 0 aromatic heterocycles. The van der Waals surface area contributed by atoms with E-state index in [1.165, 1.54) is 29.5 Å². The lowest BCUT2D eigenvalue weighted by Gasteiger charge is -2.20. The summed E-state index contributed by atoms with van der Waals surface area (Å²) in [4.78, 5) is 44.0. The van der Waals surface area contributed by atoms with E-state index >= 15 is 0 Å². The van der Waals surface area contributed by atoms with Gasteiger partial charge < -0.3 is 36.2 Å². The molecule has 10 nitrogen and oxygen atoms in total. The number of aliphatic hydroxyl groups is 1. The maximum Gasteiger partial charge on any atom is 0.272 e. The van der Waals surface area contributed by atoms with Gasteiger partial charge in [-0.15, -0.1) is 0 Å². The molecule has 11 heteroatoms. The summed E-state index contributed by atoms with van der Waals surface area (Å²) < 4.78 is 0. The average Bonchev–Trinajstić information content (AvgIpc) is 3.65. The van der Waals surface area contributed by atoms with E-state index in [-0.39, 0.29) is 30.0 Å². The number of hydrogen-bond acceptors (Lipinski definition) is 8. The molecule has 1 unspecified atom stereocenters. The van der Waals surface area contributed by atoms with Crippen molar-refractivity contribution in [3.05, 3.63) is 40.6 Å². The van der Waals surface area contributed by atoms with Crippen LogP contribution in [0.3, 0.4) is 0 Å². The van der Waals surface area contributed by atoms with Crippen molar-refractivity contribution in [3.63, 3.8) is 0 Å². The zero-order valence-electron chi connectivity index (χ0n) is 21.4. The van der Waals surface area contributed by atoms with Gasteiger partial charge in [-0.2, -0.15) is 0 Å². The quantitative estimate of drug-likeness (QED) is 0.260. The number of carbonyl (C=O) groups excluding carboxylic acids is 3. The highest BCUT2D eigenvalue weighted by atomic mass is 32.2. The van der Waals surface area contributed by atoms with E-state index in [0.29, 0.717) is 43.2 Å². The summed E-state index contributed by atoms with van der Waals surface area (Å²) in [6.45, 7) is 7.24. The maximum atomic E-state index is 13.0. The highest BCUT2D eigenvalue weighted by molar-refractivity contribution is 8.04. The van der Waals surface area contributed by atoms with Gasteiger partial charge in [-0.1, -0.05) is 17.8 Å². The number of rotatable bonds is 10. The van der Waals surface area contributed by atoms with Gasteiger partial charge in [0, 0.05) is 44.0 Å². The van der Waals surface area contributed by atoms with E-state index in [9.17, 15) is 19.5 Å². The van der Waals surface area contributed by atoms with Crippen LogP contribution in [-0.2, 0) is 9.59 Å². The lowest BCUT2D eigenvalue weighted by molar-refractivity contribution is -0.127. The third-order valence-corrected chi connectivity index (χ3v) is 8.34. The van der Waals surface area contributed by atoms with Gasteiger partial charge in [0.2, 0.25) is 5.91 Å². The fourth-order valence-electron chi connectivity index (χ4n) is 4.94. The van der Waals surface area contributed by atoms with E-state index < -0.39 is 11.4 Å². The second-order valence-corrected chi connectivity index (χ2v) is 10.9. The Bertz CT molecular complexity index is 1030. The van der Waals surface area contributed by atoms with Crippen LogP contribution < -0.4 is 16.4 Å². The van der Waals surface area contributed by atoms with E-state index in [4.69, 9.17) is 5.73 Å². The first-order valence-corrected chi connectivity index (χ1v) is 14.0. The molecule has 3 heterocycles. The van der Waals surface area contributed by atoms with Crippen molar-refractivity contribution >= 4 is 35.2 Å². The van der Waals surface area contributed by atoms with Crippen molar-refractivity contribution in [2.24, 2.45) is 5.73 Å². The van der Waals surface area contributed by atoms with Gasteiger partial charge in [-0.3, -0.25) is 14.4 Å². The molecule has 0 bridgehead atoms. The standard InChI is InChI=1S/C26H38N6O4S/c1-2-32-24(35)21(37-26(32)22(27)25(36)31-14-9-20(33)17-31)16-29-19-8-5-7-18(15-19)23(34)28-10-6-13-30-11-3-4-12-30/h5,7-8,15,20-21,29,33H,2-4,6,9-14,16-17,27H2,1H3,(H,28,34)/b26-22+/t20?,21-/m1/s1. The van der Waals surface area contributed by atoms with Crippen LogP contribution in [0.25, 0.3) is 0 Å². The number of thioether (sulfide) groups is 1. The molecule has 3 aliphatic rings. The monoisotopic (exact) mass is 530 g/mol. The summed E-state index contributed by atoms with van der Waals surface area (Å²) in [5.74, 6) is -0.575. The lowest BCUT2D eigenvalue weighted by Crippen LogP contribution is -2.37. The van der Waals surface area contributed by atoms with Crippen LogP contribution >= 0.6 is 11.8 Å². The van der Waals surface area contributed by atoms with Crippen molar-refractivity contribution < 1.29 is 19.5 Å². The summed E-state index contributed by atoms with van der Waals surface area (Å²) in [6, 6.07) is 7.23. The normalized spacial score (nSPS) is 23.6. The van der Waals surface area contributed by atoms with Gasteiger partial charge >= 0.3 is 0 Å². The van der Waals surface area contributed by atoms with Gasteiger partial charge in [-0.05, 0) is 70.4 Å². The summed E-state index contributed by atoms with van der Waals surface area (Å²) in [5.41, 5.74) is 7.56. The molecule has 3 amide bonds. The van der Waals surface area contributed by atoms with Crippen molar-refractivity contribution in [1.29, 1.82) is 0 Å². The van der Waals surface area contributed by atoms with Gasteiger partial charge in [0.05, 0.1) is 6.10 Å². The largest absolute Gasteiger partial charge is 0.392 e. The molecule has 37 heavy (non-hydrogen) atoms. The number of likely N-dealkylation sites (tertiary alicyclic amines) is 2. The molecule has 1 aromatic carbocycles. The van der Waals surface area contributed by atoms with Crippen LogP contribution in [0.2, 0.25) is 0 Å². The number of nitrogens with two attached hydrogens (primary N) is 1. The molecule has 5 N–H and O–H groups in total. The van der Waals surface area contributed by atoms with Gasteiger partial charge in [0.15, 0.2) is 0 Å². The van der Waals surface area contributed by atoms with E-state index in [0.717, 1.165) is 31.7 Å². The highest BCUT2D eigenvalue weighted by Gasteiger charge is 2.39. The summed E-state index contributed by atoms with van der Waals surface area (Å²) in [5, 5.41) is 16.0. The first kappa shape index (κ1) is 27.3. The van der Waals surface area contributed by atoms with Gasteiger partial charge in [0.25, 0.3) is 11.8 Å². The SMILES string of the molecule is CCN1C(=O)[C@@H](CNc2cccc(C(=O)NCCCN3CCCC3)c2)S/C1=C(/N)C(=O)N1CCC(O)C1. The van der Waals surface area contributed by atoms with Crippen molar-refractivity contribution in [2.75, 3.05) is 57.7 Å². The van der Waals surface area contributed by atoms with Crippen LogP contribution in [0.4, 0.5) is 5.69 Å². The average molecular weight is 531 g/mol. The van der Waals surface area contributed by atoms with E-state index in [1.54, 1.807) is 17.0 Å². The van der Waals surface area contributed by atoms with Crippen LogP contribution in [0.5, 0.6) is 0 Å². The Balaban J connectivity index is 1.31. The number of benzene rings is 1. The number of carbonyl (C=O) groups is 3. The fourth-order valence-corrected chi connectivity index (χ4v) is 6.17. The summed E-state index contributed by atoms with van der Waals surface area (Å²) >= 11 is 1.28. The second kappa shape index (κ2) is 12.7. The first-order valence-electron chi connectivity index (χ1n) is 13.2. The van der Waals surface area contributed by atoms with Crippen molar-refractivity contribution in [3.8, 4) is 0 Å². The predicted octanol–water partition coefficient (Wildman–Crippen LogP) is 0.999. The molecule has 3 fully saturated rings. The predicted molar refractivity (Wildman–Crippen MR) is 145 cm³/mol. The zero-order valence-corrected chi connectivity index (χ0v) is 22.3. The fraction of sp³-hybridized carbons (Fsp3) is 0.577. The van der Waals surface area contributed by atoms with Crippen LogP contribution in [0, 0.1) is 0 Å². The topological polar surface area (TPSA) is 131 Å². The maximum absolute atomic E-state index is 13.0. The van der Waals surface area contributed by atoms with Crippen molar-refractivity contribution in [2.45, 2.75) is 44.0 Å². The van der Waals surface area contributed by atoms with E-state index in [2.05, 4.69) is 15.5 Å². The third kappa shape index (κ3) is 6.77. The molecule has 3 aliphatic heterocycles. The number of anilines is 1. The Morgan fingerprint density at radius 3 is 2.70 bits per heavy atom. The minimum Gasteiger partial charge on any atom is -0.392 e. The zero-order chi connectivity index (χ0) is 26.4. The van der Waals surface area contributed by atoms with Gasteiger partial charge in [0.1, 0.15) is 16.0 Å². The van der Waals surface area contributed by atoms with Crippen LogP contribution in [-0.4, -0.2) is 101 Å². The Morgan fingerprint density at radius 2 is 2.00 bits per heavy atom. The summed E-state index contributed by atoms with van der Waals surface area (Å²) in [6.07, 6.45) is 3.45. The molecule has 202 valence electrons. The Hall–Kier alpha value is -2.76. The second-order valence-electron chi connectivity index (χ2n) is 9.72. The highest BCUT2D eigenvalue weighted by Crippen LogP contribution is 2.37. The third-order valence-electron chi connectivity index (χ3n) is 7.02. The molecule has 2 atom stereocenters. The Kier molecular flexibility index (Phi) is 9.33. The molecule has 0 radical (unpaired) electrons. The lowest BCUT2D eigenvalue weighted by atomic mass is 10.2. The van der Waals surface area contributed by atoms with Crippen LogP contribution in [0.1, 0.15) is 43.0 Å². The number of aliphatic hydroxyl groups excluding tert-OH is 1. The molecular formula is C26H38N6O4S. The van der Waals surface area contributed by atoms with Gasteiger partial charge in [-0.25, -0.2) is 0 Å². The molecule has 0 aliphatic carbocycles. The molecular weight excluding hydrogens is 492 g/mol. The molecule has 3 saturated heterocycles. The number of nitrogens with one attached hydrogen (secondary N) is 2. The van der Waals surface area contributed by atoms with Crippen molar-refractivity contribution in [1.82, 2.24) is 20.0 Å². The molecule has 0 saturated carbocycles. The molecule has 4 rings (SSSR count). The number of hydrogen-bond donors (Lipinski definition) is 4. The smallest absolute Gasteiger partial charge is 0.272 e. The number of β-amino-alcohol motifs (C(OH)–C–C–N with tert-alkyl or cyclic N) is 1. The number of amides is 3. The van der Waals surface area contributed by atoms with E-state index in [1.807, 2.05) is 19.1 Å². The Morgan fingerprint density at radius 1 is 1.22 bits per heavy atom. The molecule has 0 spiro atoms. The van der Waals surface area contributed by atoms with Crippen LogP contribution in [0.15, 0.2) is 35.0 Å².